The predicted molar refractivity (Wildman–Crippen MR) is 81.0 cm³/mol. The van der Waals surface area contributed by atoms with Crippen molar-refractivity contribution in [1.29, 1.82) is 0 Å². The molecule has 3 rings (SSSR count). The Balaban J connectivity index is 1.69. The summed E-state index contributed by atoms with van der Waals surface area (Å²) in [5.41, 5.74) is 0.485. The summed E-state index contributed by atoms with van der Waals surface area (Å²) in [5.74, 6) is -1.30. The Morgan fingerprint density at radius 2 is 1.74 bits per heavy atom. The van der Waals surface area contributed by atoms with Crippen molar-refractivity contribution >= 4 is 35.7 Å². The van der Waals surface area contributed by atoms with E-state index in [2.05, 4.69) is 0 Å². The van der Waals surface area contributed by atoms with Crippen molar-refractivity contribution in [2.75, 3.05) is 32.7 Å². The van der Waals surface area contributed by atoms with Gasteiger partial charge in [0, 0.05) is 31.2 Å². The quantitative estimate of drug-likeness (QED) is 0.585. The average Bonchev–Trinajstić information content (AvgIpc) is 2.79. The number of carbonyl (C=O) groups excluding carboxylic acids is 4. The summed E-state index contributed by atoms with van der Waals surface area (Å²) < 4.78 is 0. The maximum Gasteiger partial charge on any atom is 0.262 e. The number of fused-ring (bicyclic) bond motifs is 1. The summed E-state index contributed by atoms with van der Waals surface area (Å²) in [7, 11) is 0. The van der Waals surface area contributed by atoms with Crippen LogP contribution in [0.2, 0.25) is 5.02 Å². The van der Waals surface area contributed by atoms with Gasteiger partial charge in [0.2, 0.25) is 12.3 Å². The third kappa shape index (κ3) is 2.79. The normalized spacial score (nSPS) is 17.5. The van der Waals surface area contributed by atoms with Crippen LogP contribution in [0.3, 0.4) is 0 Å². The number of hydrogen-bond donors (Lipinski definition) is 0. The molecule has 1 fully saturated rings. The Hall–Kier alpha value is -2.41. The molecule has 0 aliphatic carbocycles. The Morgan fingerprint density at radius 3 is 2.39 bits per heavy atom. The molecule has 120 valence electrons. The first-order valence-corrected chi connectivity index (χ1v) is 7.52. The minimum absolute atomic E-state index is 0.223. The maximum absolute atomic E-state index is 12.3. The molecule has 4 amide bonds. The lowest BCUT2D eigenvalue weighted by atomic mass is 10.1. The lowest BCUT2D eigenvalue weighted by Crippen LogP contribution is -2.51. The van der Waals surface area contributed by atoms with Crippen molar-refractivity contribution in [2.45, 2.75) is 0 Å². The van der Waals surface area contributed by atoms with Gasteiger partial charge in [-0.2, -0.15) is 0 Å². The molecule has 0 N–H and O–H groups in total. The van der Waals surface area contributed by atoms with Crippen LogP contribution in [0.1, 0.15) is 20.7 Å². The van der Waals surface area contributed by atoms with E-state index in [1.54, 1.807) is 9.80 Å². The third-order valence-corrected chi connectivity index (χ3v) is 4.28. The van der Waals surface area contributed by atoms with Crippen molar-refractivity contribution in [3.05, 3.63) is 34.3 Å². The molecule has 0 spiro atoms. The first-order valence-electron chi connectivity index (χ1n) is 7.14. The van der Waals surface area contributed by atoms with E-state index in [0.29, 0.717) is 31.2 Å². The van der Waals surface area contributed by atoms with E-state index >= 15 is 0 Å². The van der Waals surface area contributed by atoms with Gasteiger partial charge in [-0.3, -0.25) is 24.1 Å². The van der Waals surface area contributed by atoms with Gasteiger partial charge in [0.1, 0.15) is 6.54 Å². The second kappa shape index (κ2) is 6.00. The van der Waals surface area contributed by atoms with E-state index < -0.39 is 11.8 Å². The van der Waals surface area contributed by atoms with E-state index in [4.69, 9.17) is 11.6 Å². The molecule has 1 aromatic rings. The largest absolute Gasteiger partial charge is 0.342 e. The Bertz CT molecular complexity index is 698. The average molecular weight is 336 g/mol. The summed E-state index contributed by atoms with van der Waals surface area (Å²) >= 11 is 5.85. The van der Waals surface area contributed by atoms with E-state index in [-0.39, 0.29) is 23.6 Å². The Kier molecular flexibility index (Phi) is 4.04. The lowest BCUT2D eigenvalue weighted by Gasteiger charge is -2.33. The van der Waals surface area contributed by atoms with E-state index in [9.17, 15) is 19.2 Å². The van der Waals surface area contributed by atoms with Gasteiger partial charge < -0.3 is 9.80 Å². The number of halogens is 1. The molecule has 23 heavy (non-hydrogen) atoms. The number of imide groups is 1. The molecule has 1 saturated heterocycles. The third-order valence-electron chi connectivity index (χ3n) is 4.04. The zero-order valence-electron chi connectivity index (χ0n) is 12.2. The lowest BCUT2D eigenvalue weighted by molar-refractivity contribution is -0.135. The van der Waals surface area contributed by atoms with Gasteiger partial charge in [0.25, 0.3) is 11.8 Å². The fraction of sp³-hybridized carbons (Fsp3) is 0.333. The highest BCUT2D eigenvalue weighted by atomic mass is 35.5. The standard InChI is InChI=1S/C15H14ClN3O4/c16-10-1-2-11-12(7-10)15(23)19(14(11)22)8-13(21)18-5-3-17(9-20)4-6-18/h1-2,7,9H,3-6,8H2. The molecule has 0 unspecified atom stereocenters. The number of piperazine rings is 1. The molecule has 8 heteroatoms. The minimum atomic E-state index is -0.507. The Morgan fingerprint density at radius 1 is 1.09 bits per heavy atom. The summed E-state index contributed by atoms with van der Waals surface area (Å²) in [5, 5.41) is 0.364. The van der Waals surface area contributed by atoms with Crippen LogP contribution in [0.5, 0.6) is 0 Å². The Labute approximate surface area is 137 Å². The molecule has 7 nitrogen and oxygen atoms in total. The molecule has 2 aliphatic rings. The summed E-state index contributed by atoms with van der Waals surface area (Å²) in [6, 6.07) is 4.46. The van der Waals surface area contributed by atoms with Crippen molar-refractivity contribution in [1.82, 2.24) is 14.7 Å². The smallest absolute Gasteiger partial charge is 0.262 e. The molecule has 0 radical (unpaired) electrons. The van der Waals surface area contributed by atoms with Gasteiger partial charge in [0.15, 0.2) is 0 Å². The van der Waals surface area contributed by atoms with Gasteiger partial charge in [0.05, 0.1) is 11.1 Å². The molecular weight excluding hydrogens is 322 g/mol. The van der Waals surface area contributed by atoms with Crippen LogP contribution in [0, 0.1) is 0 Å². The van der Waals surface area contributed by atoms with Crippen molar-refractivity contribution in [3.8, 4) is 0 Å². The fourth-order valence-electron chi connectivity index (χ4n) is 2.72. The molecule has 2 aliphatic heterocycles. The second-order valence-electron chi connectivity index (χ2n) is 5.41. The molecule has 0 saturated carbocycles. The molecule has 2 heterocycles. The van der Waals surface area contributed by atoms with Crippen molar-refractivity contribution in [3.63, 3.8) is 0 Å². The minimum Gasteiger partial charge on any atom is -0.342 e. The van der Waals surface area contributed by atoms with E-state index in [1.165, 1.54) is 18.2 Å². The number of benzene rings is 1. The highest BCUT2D eigenvalue weighted by Crippen LogP contribution is 2.25. The summed E-state index contributed by atoms with van der Waals surface area (Å²) in [6.07, 6.45) is 0.746. The van der Waals surface area contributed by atoms with Crippen LogP contribution in [0.15, 0.2) is 18.2 Å². The number of hydrogen-bond acceptors (Lipinski definition) is 4. The van der Waals surface area contributed by atoms with Gasteiger partial charge >= 0.3 is 0 Å². The first-order chi connectivity index (χ1) is 11.0. The first kappa shape index (κ1) is 15.5. The van der Waals surface area contributed by atoms with Crippen LogP contribution >= 0.6 is 11.6 Å². The molecule has 0 aromatic heterocycles. The van der Waals surface area contributed by atoms with Crippen LogP contribution < -0.4 is 0 Å². The van der Waals surface area contributed by atoms with Gasteiger partial charge in [-0.15, -0.1) is 0 Å². The SMILES string of the molecule is O=CN1CCN(C(=O)CN2C(=O)c3ccc(Cl)cc3C2=O)CC1. The van der Waals surface area contributed by atoms with Crippen LogP contribution in [0.25, 0.3) is 0 Å². The van der Waals surface area contributed by atoms with Crippen LogP contribution in [0.4, 0.5) is 0 Å². The molecule has 1 aromatic carbocycles. The summed E-state index contributed by atoms with van der Waals surface area (Å²) in [4.78, 5) is 51.6. The molecular formula is C15H14ClN3O4. The molecule has 0 atom stereocenters. The maximum atomic E-state index is 12.3. The van der Waals surface area contributed by atoms with E-state index in [0.717, 1.165) is 11.3 Å². The predicted octanol–water partition coefficient (Wildman–Crippen LogP) is 0.237. The van der Waals surface area contributed by atoms with Gasteiger partial charge in [-0.1, -0.05) is 11.6 Å². The topological polar surface area (TPSA) is 78.0 Å². The molecule has 0 bridgehead atoms. The van der Waals surface area contributed by atoms with E-state index in [1.807, 2.05) is 0 Å². The van der Waals surface area contributed by atoms with Crippen molar-refractivity contribution in [2.24, 2.45) is 0 Å². The van der Waals surface area contributed by atoms with Gasteiger partial charge in [-0.05, 0) is 18.2 Å². The number of nitrogens with zero attached hydrogens (tertiary/aromatic N) is 3. The van der Waals surface area contributed by atoms with Crippen molar-refractivity contribution < 1.29 is 19.2 Å². The number of carbonyl (C=O) groups is 4. The highest BCUT2D eigenvalue weighted by Gasteiger charge is 2.37. The number of rotatable bonds is 3. The zero-order valence-corrected chi connectivity index (χ0v) is 13.0. The zero-order chi connectivity index (χ0) is 16.6. The fourth-order valence-corrected chi connectivity index (χ4v) is 2.89. The summed E-state index contributed by atoms with van der Waals surface area (Å²) in [6.45, 7) is 1.39. The second-order valence-corrected chi connectivity index (χ2v) is 5.84. The van der Waals surface area contributed by atoms with Gasteiger partial charge in [-0.25, -0.2) is 0 Å². The monoisotopic (exact) mass is 335 g/mol. The van der Waals surface area contributed by atoms with Crippen LogP contribution in [-0.2, 0) is 9.59 Å². The van der Waals surface area contributed by atoms with Crippen LogP contribution in [-0.4, -0.2) is 71.6 Å². The number of amides is 4. The highest BCUT2D eigenvalue weighted by molar-refractivity contribution is 6.32.